The highest BCUT2D eigenvalue weighted by Gasteiger charge is 2.06. The molecule has 0 atom stereocenters. The van der Waals surface area contributed by atoms with E-state index in [4.69, 9.17) is 11.6 Å². The summed E-state index contributed by atoms with van der Waals surface area (Å²) in [6.07, 6.45) is 4.87. The van der Waals surface area contributed by atoms with Gasteiger partial charge in [-0.05, 0) is 0 Å². The van der Waals surface area contributed by atoms with E-state index in [-0.39, 0.29) is 0 Å². The molecule has 0 aliphatic heterocycles. The number of fused-ring (bicyclic) bond motifs is 1. The SMILES string of the molecule is C=CCn1cnc2c(Cl)ncnc21. The summed E-state index contributed by atoms with van der Waals surface area (Å²) in [6.45, 7) is 4.31. The Hall–Kier alpha value is -1.42. The molecule has 4 nitrogen and oxygen atoms in total. The molecule has 0 spiro atoms. The number of nitrogens with zero attached hydrogens (tertiary/aromatic N) is 4. The van der Waals surface area contributed by atoms with Gasteiger partial charge in [0.15, 0.2) is 10.8 Å². The average molecular weight is 195 g/mol. The molecule has 0 saturated heterocycles. The minimum atomic E-state index is 0.382. The molecule has 5 heteroatoms. The lowest BCUT2D eigenvalue weighted by molar-refractivity contribution is 0.838. The maximum atomic E-state index is 5.82. The first-order valence-electron chi connectivity index (χ1n) is 3.75. The second-order valence-corrected chi connectivity index (χ2v) is 2.88. The predicted molar refractivity (Wildman–Crippen MR) is 50.5 cm³/mol. The number of aromatic nitrogens is 4. The lowest BCUT2D eigenvalue weighted by atomic mass is 10.5. The Labute approximate surface area is 79.9 Å². The van der Waals surface area contributed by atoms with E-state index in [1.54, 1.807) is 12.4 Å². The van der Waals surface area contributed by atoms with Crippen LogP contribution in [0.1, 0.15) is 0 Å². The number of allylic oxidation sites excluding steroid dienone is 1. The van der Waals surface area contributed by atoms with Gasteiger partial charge < -0.3 is 4.57 Å². The van der Waals surface area contributed by atoms with E-state index in [2.05, 4.69) is 21.5 Å². The first-order chi connectivity index (χ1) is 6.33. The van der Waals surface area contributed by atoms with Gasteiger partial charge in [-0.3, -0.25) is 0 Å². The molecule has 13 heavy (non-hydrogen) atoms. The minimum Gasteiger partial charge on any atom is -0.311 e. The van der Waals surface area contributed by atoms with E-state index >= 15 is 0 Å². The summed E-state index contributed by atoms with van der Waals surface area (Å²) < 4.78 is 1.86. The van der Waals surface area contributed by atoms with E-state index in [9.17, 15) is 0 Å². The van der Waals surface area contributed by atoms with Gasteiger partial charge in [0.2, 0.25) is 0 Å². The molecule has 66 valence electrons. The quantitative estimate of drug-likeness (QED) is 0.540. The van der Waals surface area contributed by atoms with Gasteiger partial charge in [0.05, 0.1) is 6.33 Å². The molecule has 2 rings (SSSR count). The molecule has 0 N–H and O–H groups in total. The number of hydrogen-bond donors (Lipinski definition) is 0. The van der Waals surface area contributed by atoms with Gasteiger partial charge in [-0.2, -0.15) is 0 Å². The van der Waals surface area contributed by atoms with Crippen molar-refractivity contribution in [3.63, 3.8) is 0 Å². The van der Waals surface area contributed by atoms with E-state index < -0.39 is 0 Å². The Morgan fingerprint density at radius 3 is 3.08 bits per heavy atom. The zero-order valence-corrected chi connectivity index (χ0v) is 7.57. The zero-order chi connectivity index (χ0) is 9.26. The van der Waals surface area contributed by atoms with Crippen LogP contribution in [-0.2, 0) is 6.54 Å². The van der Waals surface area contributed by atoms with Crippen LogP contribution >= 0.6 is 11.6 Å². The summed E-state index contributed by atoms with van der Waals surface area (Å²) in [5.74, 6) is 0. The Balaban J connectivity index is 2.67. The number of hydrogen-bond acceptors (Lipinski definition) is 3. The highest BCUT2D eigenvalue weighted by Crippen LogP contribution is 2.16. The Bertz CT molecular complexity index is 448. The summed E-state index contributed by atoms with van der Waals surface area (Å²) in [4.78, 5) is 12.0. The molecule has 0 aliphatic rings. The van der Waals surface area contributed by atoms with Crippen molar-refractivity contribution >= 4 is 22.8 Å². The maximum Gasteiger partial charge on any atom is 0.165 e. The van der Waals surface area contributed by atoms with Gasteiger partial charge in [-0.25, -0.2) is 15.0 Å². The third-order valence-electron chi connectivity index (χ3n) is 1.68. The van der Waals surface area contributed by atoms with Crippen molar-refractivity contribution in [2.24, 2.45) is 0 Å². The van der Waals surface area contributed by atoms with Crippen LogP contribution in [0, 0.1) is 0 Å². The molecule has 0 saturated carbocycles. The van der Waals surface area contributed by atoms with E-state index in [1.807, 2.05) is 4.57 Å². The molecule has 2 heterocycles. The molecule has 0 radical (unpaired) electrons. The fourth-order valence-electron chi connectivity index (χ4n) is 1.12. The third-order valence-corrected chi connectivity index (χ3v) is 1.96. The first kappa shape index (κ1) is 8.19. The maximum absolute atomic E-state index is 5.82. The molecule has 0 amide bonds. The summed E-state index contributed by atoms with van der Waals surface area (Å²) in [6, 6.07) is 0. The highest BCUT2D eigenvalue weighted by atomic mass is 35.5. The van der Waals surface area contributed by atoms with Crippen LogP contribution in [-0.4, -0.2) is 19.5 Å². The topological polar surface area (TPSA) is 43.6 Å². The van der Waals surface area contributed by atoms with Crippen molar-refractivity contribution in [3.8, 4) is 0 Å². The van der Waals surface area contributed by atoms with Crippen LogP contribution < -0.4 is 0 Å². The number of rotatable bonds is 2. The highest BCUT2D eigenvalue weighted by molar-refractivity contribution is 6.33. The van der Waals surface area contributed by atoms with Crippen molar-refractivity contribution in [2.45, 2.75) is 6.54 Å². The normalized spacial score (nSPS) is 10.5. The van der Waals surface area contributed by atoms with Gasteiger partial charge in [-0.15, -0.1) is 6.58 Å². The predicted octanol–water partition coefficient (Wildman–Crippen LogP) is 1.67. The molecule has 0 bridgehead atoms. The molecular weight excluding hydrogens is 188 g/mol. The number of halogens is 1. The van der Waals surface area contributed by atoms with Crippen LogP contribution in [0.3, 0.4) is 0 Å². The van der Waals surface area contributed by atoms with Crippen LogP contribution in [0.2, 0.25) is 5.15 Å². The third kappa shape index (κ3) is 1.29. The first-order valence-corrected chi connectivity index (χ1v) is 4.13. The van der Waals surface area contributed by atoms with Crippen molar-refractivity contribution in [1.82, 2.24) is 19.5 Å². The second-order valence-electron chi connectivity index (χ2n) is 2.52. The smallest absolute Gasteiger partial charge is 0.165 e. The Kier molecular flexibility index (Phi) is 1.98. The van der Waals surface area contributed by atoms with E-state index in [0.29, 0.717) is 17.2 Å². The molecule has 0 fully saturated rings. The molecule has 0 aliphatic carbocycles. The zero-order valence-electron chi connectivity index (χ0n) is 6.81. The van der Waals surface area contributed by atoms with Crippen molar-refractivity contribution in [3.05, 3.63) is 30.5 Å². The fourth-order valence-corrected chi connectivity index (χ4v) is 1.30. The van der Waals surface area contributed by atoms with Crippen LogP contribution in [0.15, 0.2) is 25.3 Å². The monoisotopic (exact) mass is 194 g/mol. The Morgan fingerprint density at radius 2 is 2.31 bits per heavy atom. The molecule has 2 aromatic rings. The lowest BCUT2D eigenvalue weighted by Crippen LogP contribution is -1.94. The standard InChI is InChI=1S/C8H7ClN4/c1-2-3-13-5-12-6-7(9)10-4-11-8(6)13/h2,4-5H,1,3H2. The van der Waals surface area contributed by atoms with Crippen molar-refractivity contribution in [2.75, 3.05) is 0 Å². The molecule has 0 unspecified atom stereocenters. The van der Waals surface area contributed by atoms with Crippen LogP contribution in [0.4, 0.5) is 0 Å². The largest absolute Gasteiger partial charge is 0.311 e. The van der Waals surface area contributed by atoms with Crippen molar-refractivity contribution < 1.29 is 0 Å². The van der Waals surface area contributed by atoms with Crippen LogP contribution in [0.5, 0.6) is 0 Å². The van der Waals surface area contributed by atoms with Crippen LogP contribution in [0.25, 0.3) is 11.2 Å². The fraction of sp³-hybridized carbons (Fsp3) is 0.125. The minimum absolute atomic E-state index is 0.382. The van der Waals surface area contributed by atoms with Gasteiger partial charge in [0.1, 0.15) is 11.8 Å². The molecular formula is C8H7ClN4. The summed E-state index contributed by atoms with van der Waals surface area (Å²) in [5, 5.41) is 0.382. The van der Waals surface area contributed by atoms with E-state index in [1.165, 1.54) is 6.33 Å². The number of imidazole rings is 1. The molecule has 2 aromatic heterocycles. The average Bonchev–Trinajstić information content (AvgIpc) is 2.51. The van der Waals surface area contributed by atoms with Gasteiger partial charge in [0, 0.05) is 6.54 Å². The summed E-state index contributed by atoms with van der Waals surface area (Å²) in [7, 11) is 0. The second kappa shape index (κ2) is 3.14. The van der Waals surface area contributed by atoms with Gasteiger partial charge in [0.25, 0.3) is 0 Å². The molecule has 0 aromatic carbocycles. The van der Waals surface area contributed by atoms with Gasteiger partial charge in [-0.1, -0.05) is 17.7 Å². The van der Waals surface area contributed by atoms with Gasteiger partial charge >= 0.3 is 0 Å². The Morgan fingerprint density at radius 1 is 1.46 bits per heavy atom. The van der Waals surface area contributed by atoms with Crippen molar-refractivity contribution in [1.29, 1.82) is 0 Å². The summed E-state index contributed by atoms with van der Waals surface area (Å²) >= 11 is 5.82. The van der Waals surface area contributed by atoms with E-state index in [0.717, 1.165) is 5.65 Å². The lowest BCUT2D eigenvalue weighted by Gasteiger charge is -1.96. The summed E-state index contributed by atoms with van der Waals surface area (Å²) in [5.41, 5.74) is 1.37.